The molecule has 2 heterocycles. The number of aliphatic hydroxyl groups is 1. The lowest BCUT2D eigenvalue weighted by molar-refractivity contribution is 0.0996. The molecule has 3 rings (SSSR count). The van der Waals surface area contributed by atoms with Crippen LogP contribution in [0.3, 0.4) is 0 Å². The van der Waals surface area contributed by atoms with E-state index in [1.54, 1.807) is 24.3 Å². The predicted molar refractivity (Wildman–Crippen MR) is 92.0 cm³/mol. The molecule has 1 aromatic carbocycles. The van der Waals surface area contributed by atoms with E-state index in [2.05, 4.69) is 15.3 Å². The van der Waals surface area contributed by atoms with Gasteiger partial charge in [0.25, 0.3) is 5.91 Å². The van der Waals surface area contributed by atoms with Crippen LogP contribution in [0.4, 0.5) is 11.6 Å². The molecule has 8 heteroatoms. The molecule has 1 aliphatic rings. The number of carbonyl (C=O) groups excluding carboxylic acids is 1. The molecule has 126 valence electrons. The Morgan fingerprint density at radius 3 is 2.54 bits per heavy atom. The van der Waals surface area contributed by atoms with Gasteiger partial charge in [-0.25, -0.2) is 9.97 Å². The van der Waals surface area contributed by atoms with E-state index in [1.165, 1.54) is 0 Å². The lowest BCUT2D eigenvalue weighted by Crippen LogP contribution is -2.24. The molecule has 1 unspecified atom stereocenters. The van der Waals surface area contributed by atoms with Crippen molar-refractivity contribution in [3.8, 4) is 0 Å². The van der Waals surface area contributed by atoms with Crippen LogP contribution in [-0.4, -0.2) is 34.1 Å². The van der Waals surface area contributed by atoms with Gasteiger partial charge in [0.2, 0.25) is 0 Å². The second-order valence-electron chi connectivity index (χ2n) is 5.55. The van der Waals surface area contributed by atoms with Crippen molar-refractivity contribution >= 4 is 29.1 Å². The van der Waals surface area contributed by atoms with Crippen LogP contribution < -0.4 is 16.0 Å². The van der Waals surface area contributed by atoms with Gasteiger partial charge in [0, 0.05) is 18.7 Å². The summed E-state index contributed by atoms with van der Waals surface area (Å²) in [6, 6.07) is 8.97. The minimum atomic E-state index is -1.05. The minimum Gasteiger partial charge on any atom is -0.369 e. The van der Waals surface area contributed by atoms with Crippen LogP contribution in [0.2, 0.25) is 5.15 Å². The predicted octanol–water partition coefficient (Wildman–Crippen LogP) is 1.93. The molecule has 0 aliphatic carbocycles. The fourth-order valence-electron chi connectivity index (χ4n) is 2.66. The Kier molecular flexibility index (Phi) is 4.82. The third kappa shape index (κ3) is 3.42. The van der Waals surface area contributed by atoms with Crippen molar-refractivity contribution in [2.24, 2.45) is 5.73 Å². The summed E-state index contributed by atoms with van der Waals surface area (Å²) in [5, 5.41) is 13.3. The van der Waals surface area contributed by atoms with Gasteiger partial charge in [-0.15, -0.1) is 0 Å². The van der Waals surface area contributed by atoms with Gasteiger partial charge in [0.1, 0.15) is 0 Å². The van der Waals surface area contributed by atoms with E-state index in [-0.39, 0.29) is 16.7 Å². The monoisotopic (exact) mass is 347 g/mol. The molecular weight excluding hydrogens is 330 g/mol. The molecule has 1 fully saturated rings. The molecule has 4 N–H and O–H groups in total. The molecule has 1 atom stereocenters. The first-order valence-electron chi connectivity index (χ1n) is 7.68. The molecule has 1 aromatic heterocycles. The van der Waals surface area contributed by atoms with Gasteiger partial charge in [-0.05, 0) is 12.8 Å². The van der Waals surface area contributed by atoms with E-state index < -0.39 is 12.1 Å². The summed E-state index contributed by atoms with van der Waals surface area (Å²) in [7, 11) is 0. The number of nitrogens with two attached hydrogens (primary N) is 1. The number of primary amides is 1. The highest BCUT2D eigenvalue weighted by Crippen LogP contribution is 2.29. The number of aliphatic hydroxyl groups excluding tert-OH is 1. The molecule has 24 heavy (non-hydrogen) atoms. The van der Waals surface area contributed by atoms with Crippen LogP contribution in [-0.2, 0) is 0 Å². The number of benzene rings is 1. The van der Waals surface area contributed by atoms with Crippen LogP contribution in [0.1, 0.15) is 35.1 Å². The van der Waals surface area contributed by atoms with E-state index >= 15 is 0 Å². The first kappa shape index (κ1) is 16.5. The zero-order chi connectivity index (χ0) is 17.1. The summed E-state index contributed by atoms with van der Waals surface area (Å²) in [4.78, 5) is 22.1. The highest BCUT2D eigenvalue weighted by Gasteiger charge is 2.23. The number of amides is 1. The average Bonchev–Trinajstić information content (AvgIpc) is 3.11. The number of nitrogens with one attached hydrogen (secondary N) is 1. The molecule has 0 bridgehead atoms. The molecule has 1 saturated heterocycles. The lowest BCUT2D eigenvalue weighted by atomic mass is 10.2. The van der Waals surface area contributed by atoms with E-state index in [0.29, 0.717) is 11.4 Å². The number of halogens is 1. The number of hydrogen-bond donors (Lipinski definition) is 3. The Morgan fingerprint density at radius 1 is 1.25 bits per heavy atom. The molecule has 0 radical (unpaired) electrons. The van der Waals surface area contributed by atoms with Crippen LogP contribution in [0.15, 0.2) is 30.3 Å². The first-order chi connectivity index (χ1) is 11.6. The van der Waals surface area contributed by atoms with Gasteiger partial charge in [0.15, 0.2) is 28.7 Å². The normalized spacial score (nSPS) is 15.3. The highest BCUT2D eigenvalue weighted by molar-refractivity contribution is 6.32. The van der Waals surface area contributed by atoms with Gasteiger partial charge < -0.3 is 21.1 Å². The number of carbonyl (C=O) groups is 1. The van der Waals surface area contributed by atoms with Crippen molar-refractivity contribution in [3.05, 3.63) is 46.7 Å². The van der Waals surface area contributed by atoms with Gasteiger partial charge in [-0.3, -0.25) is 4.79 Å². The Bertz CT molecular complexity index is 735. The number of hydrogen-bond acceptors (Lipinski definition) is 6. The smallest absolute Gasteiger partial charge is 0.271 e. The molecule has 0 spiro atoms. The highest BCUT2D eigenvalue weighted by atomic mass is 35.5. The molecule has 0 saturated carbocycles. The standard InChI is InChI=1S/C16H18ClN5O2/c17-12-15(22-8-4-5-9-22)20-14(11(19-12)13(18)23)21-16(24)10-6-2-1-3-7-10/h1-3,6-7,16,24H,4-5,8-9H2,(H2,18,23)(H,20,21). The zero-order valence-electron chi connectivity index (χ0n) is 12.9. The third-order valence-corrected chi connectivity index (χ3v) is 4.12. The third-order valence-electron chi connectivity index (χ3n) is 3.86. The Labute approximate surface area is 144 Å². The maximum Gasteiger partial charge on any atom is 0.271 e. The molecular formula is C16H18ClN5O2. The average molecular weight is 348 g/mol. The molecule has 1 amide bonds. The molecule has 2 aromatic rings. The van der Waals surface area contributed by atoms with E-state index in [1.807, 2.05) is 11.0 Å². The first-order valence-corrected chi connectivity index (χ1v) is 8.06. The Hall–Kier alpha value is -2.38. The van der Waals surface area contributed by atoms with Gasteiger partial charge >= 0.3 is 0 Å². The van der Waals surface area contributed by atoms with Crippen molar-refractivity contribution in [2.75, 3.05) is 23.3 Å². The number of rotatable bonds is 5. The van der Waals surface area contributed by atoms with E-state index in [0.717, 1.165) is 25.9 Å². The molecule has 1 aliphatic heterocycles. The lowest BCUT2D eigenvalue weighted by Gasteiger charge is -2.21. The zero-order valence-corrected chi connectivity index (χ0v) is 13.7. The van der Waals surface area contributed by atoms with Gasteiger partial charge in [0.05, 0.1) is 0 Å². The maximum atomic E-state index is 11.7. The summed E-state index contributed by atoms with van der Waals surface area (Å²) in [5.74, 6) is -0.160. The number of anilines is 2. The second-order valence-corrected chi connectivity index (χ2v) is 5.91. The summed E-state index contributed by atoms with van der Waals surface area (Å²) < 4.78 is 0. The van der Waals surface area contributed by atoms with E-state index in [9.17, 15) is 9.90 Å². The van der Waals surface area contributed by atoms with Crippen molar-refractivity contribution in [3.63, 3.8) is 0 Å². The Morgan fingerprint density at radius 2 is 1.92 bits per heavy atom. The topological polar surface area (TPSA) is 104 Å². The molecule has 7 nitrogen and oxygen atoms in total. The minimum absolute atomic E-state index is 0.0991. The number of nitrogens with zero attached hydrogens (tertiary/aromatic N) is 3. The second kappa shape index (κ2) is 7.02. The van der Waals surface area contributed by atoms with Crippen LogP contribution in [0, 0.1) is 0 Å². The van der Waals surface area contributed by atoms with Gasteiger partial charge in [-0.2, -0.15) is 0 Å². The van der Waals surface area contributed by atoms with Gasteiger partial charge in [-0.1, -0.05) is 41.9 Å². The number of aromatic nitrogens is 2. The quantitative estimate of drug-likeness (QED) is 0.714. The van der Waals surface area contributed by atoms with Crippen LogP contribution >= 0.6 is 11.6 Å². The fourth-order valence-corrected chi connectivity index (χ4v) is 2.90. The summed E-state index contributed by atoms with van der Waals surface area (Å²) >= 11 is 6.17. The van der Waals surface area contributed by atoms with E-state index in [4.69, 9.17) is 17.3 Å². The SMILES string of the molecule is NC(=O)c1nc(Cl)c(N2CCCC2)nc1NC(O)c1ccccc1. The fraction of sp³-hybridized carbons (Fsp3) is 0.312. The van der Waals surface area contributed by atoms with Crippen molar-refractivity contribution in [1.82, 2.24) is 9.97 Å². The Balaban J connectivity index is 1.94. The largest absolute Gasteiger partial charge is 0.369 e. The summed E-state index contributed by atoms with van der Waals surface area (Å²) in [5.41, 5.74) is 5.90. The van der Waals surface area contributed by atoms with Crippen molar-refractivity contribution in [2.45, 2.75) is 19.1 Å². The van der Waals surface area contributed by atoms with Crippen molar-refractivity contribution in [1.29, 1.82) is 0 Å². The summed E-state index contributed by atoms with van der Waals surface area (Å²) in [6.45, 7) is 1.65. The summed E-state index contributed by atoms with van der Waals surface area (Å²) in [6.07, 6.45) is 1.04. The van der Waals surface area contributed by atoms with Crippen LogP contribution in [0.5, 0.6) is 0 Å². The maximum absolute atomic E-state index is 11.7. The van der Waals surface area contributed by atoms with Crippen molar-refractivity contribution < 1.29 is 9.90 Å². The van der Waals surface area contributed by atoms with Crippen LogP contribution in [0.25, 0.3) is 0 Å².